The lowest BCUT2D eigenvalue weighted by molar-refractivity contribution is -0.159. The zero-order chi connectivity index (χ0) is 14.3. The average molecular weight is 277 g/mol. The monoisotopic (exact) mass is 277 g/mol. The van der Waals surface area contributed by atoms with Crippen molar-refractivity contribution in [2.75, 3.05) is 25.6 Å². The highest BCUT2D eigenvalue weighted by Gasteiger charge is 2.29. The molecule has 0 unspecified atom stereocenters. The minimum absolute atomic E-state index is 0.409. The Bertz CT molecular complexity index is 421. The van der Waals surface area contributed by atoms with E-state index in [1.165, 1.54) is 7.11 Å². The van der Waals surface area contributed by atoms with Gasteiger partial charge in [-0.1, -0.05) is 18.2 Å². The first-order valence-electron chi connectivity index (χ1n) is 5.50. The summed E-state index contributed by atoms with van der Waals surface area (Å²) < 4.78 is 44.6. The van der Waals surface area contributed by atoms with E-state index in [9.17, 15) is 18.0 Å². The molecule has 1 N–H and O–H groups in total. The second-order valence-electron chi connectivity index (χ2n) is 3.72. The highest BCUT2D eigenvalue weighted by Crippen LogP contribution is 2.18. The Morgan fingerprint density at radius 3 is 2.63 bits per heavy atom. The molecule has 0 aliphatic heterocycles. The fraction of sp³-hybridized carbons (Fsp3) is 0.417. The molecule has 0 radical (unpaired) electrons. The number of para-hydroxylation sites is 1. The van der Waals surface area contributed by atoms with Gasteiger partial charge in [-0.25, -0.2) is 4.79 Å². The fourth-order valence-corrected chi connectivity index (χ4v) is 1.37. The Hall–Kier alpha value is -1.76. The third kappa shape index (κ3) is 6.10. The molecule has 0 saturated carbocycles. The van der Waals surface area contributed by atoms with Crippen LogP contribution in [0.4, 0.5) is 23.7 Å². The molecule has 1 amide bonds. The maximum Gasteiger partial charge on any atom is 0.422 e. The van der Waals surface area contributed by atoms with Crippen LogP contribution in [-0.2, 0) is 15.9 Å². The summed E-state index contributed by atoms with van der Waals surface area (Å²) in [7, 11) is 1.54. The topological polar surface area (TPSA) is 47.6 Å². The molecule has 1 aromatic carbocycles. The maximum atomic E-state index is 11.9. The van der Waals surface area contributed by atoms with Gasteiger partial charge >= 0.3 is 12.3 Å². The lowest BCUT2D eigenvalue weighted by Gasteiger charge is -2.12. The summed E-state index contributed by atoms with van der Waals surface area (Å²) >= 11 is 0. The first-order chi connectivity index (χ1) is 8.92. The van der Waals surface area contributed by atoms with E-state index in [1.807, 2.05) is 0 Å². The van der Waals surface area contributed by atoms with Crippen LogP contribution in [0.5, 0.6) is 0 Å². The SMILES string of the molecule is COCCc1ccccc1NC(=O)OCC(F)(F)F. The quantitative estimate of drug-likeness (QED) is 0.900. The molecule has 0 spiro atoms. The van der Waals surface area contributed by atoms with Gasteiger partial charge in [0, 0.05) is 12.8 Å². The summed E-state index contributed by atoms with van der Waals surface area (Å²) in [6.07, 6.45) is -5.14. The number of nitrogens with one attached hydrogen (secondary N) is 1. The van der Waals surface area contributed by atoms with Gasteiger partial charge in [0.15, 0.2) is 6.61 Å². The van der Waals surface area contributed by atoms with Gasteiger partial charge in [-0.2, -0.15) is 13.2 Å². The van der Waals surface area contributed by atoms with Gasteiger partial charge in [0.25, 0.3) is 0 Å². The summed E-state index contributed by atoms with van der Waals surface area (Å²) in [4.78, 5) is 11.2. The van der Waals surface area contributed by atoms with Gasteiger partial charge in [-0.3, -0.25) is 5.32 Å². The van der Waals surface area contributed by atoms with Gasteiger partial charge in [0.1, 0.15) is 0 Å². The Morgan fingerprint density at radius 1 is 1.32 bits per heavy atom. The second-order valence-corrected chi connectivity index (χ2v) is 3.72. The Kier molecular flexibility index (Phi) is 5.62. The average Bonchev–Trinajstić information content (AvgIpc) is 2.34. The van der Waals surface area contributed by atoms with Crippen LogP contribution < -0.4 is 5.32 Å². The number of ether oxygens (including phenoxy) is 2. The smallest absolute Gasteiger partial charge is 0.422 e. The number of carbonyl (C=O) groups excluding carboxylic acids is 1. The number of halogens is 3. The number of benzene rings is 1. The van der Waals surface area contributed by atoms with E-state index in [4.69, 9.17) is 4.74 Å². The van der Waals surface area contributed by atoms with Gasteiger partial charge < -0.3 is 9.47 Å². The van der Waals surface area contributed by atoms with Gasteiger partial charge in [-0.15, -0.1) is 0 Å². The number of anilines is 1. The molecule has 0 atom stereocenters. The van der Waals surface area contributed by atoms with Crippen molar-refractivity contribution >= 4 is 11.8 Å². The predicted octanol–water partition coefficient (Wildman–Crippen LogP) is 2.99. The normalized spacial score (nSPS) is 11.2. The van der Waals surface area contributed by atoms with Gasteiger partial charge in [0.05, 0.1) is 6.61 Å². The number of alkyl halides is 3. The molecule has 0 saturated heterocycles. The number of hydrogen-bond donors (Lipinski definition) is 1. The highest BCUT2D eigenvalue weighted by molar-refractivity contribution is 5.85. The van der Waals surface area contributed by atoms with Crippen LogP contribution in [0.3, 0.4) is 0 Å². The number of methoxy groups -OCH3 is 1. The second kappa shape index (κ2) is 6.98. The van der Waals surface area contributed by atoms with Crippen molar-refractivity contribution in [1.29, 1.82) is 0 Å². The molecule has 19 heavy (non-hydrogen) atoms. The fourth-order valence-electron chi connectivity index (χ4n) is 1.37. The lowest BCUT2D eigenvalue weighted by atomic mass is 10.1. The maximum absolute atomic E-state index is 11.9. The zero-order valence-electron chi connectivity index (χ0n) is 10.3. The molecule has 106 valence electrons. The van der Waals surface area contributed by atoms with Crippen LogP contribution in [0.25, 0.3) is 0 Å². The molecule has 1 aromatic rings. The minimum atomic E-state index is -4.53. The van der Waals surface area contributed by atoms with Crippen molar-refractivity contribution in [3.8, 4) is 0 Å². The molecular weight excluding hydrogens is 263 g/mol. The summed E-state index contributed by atoms with van der Waals surface area (Å²) in [5, 5.41) is 2.28. The van der Waals surface area contributed by atoms with Crippen LogP contribution >= 0.6 is 0 Å². The molecule has 1 rings (SSSR count). The summed E-state index contributed by atoms with van der Waals surface area (Å²) in [6, 6.07) is 6.76. The van der Waals surface area contributed by atoms with Crippen molar-refractivity contribution in [3.05, 3.63) is 29.8 Å². The highest BCUT2D eigenvalue weighted by atomic mass is 19.4. The first kappa shape index (κ1) is 15.3. The third-order valence-electron chi connectivity index (χ3n) is 2.20. The lowest BCUT2D eigenvalue weighted by Crippen LogP contribution is -2.23. The number of hydrogen-bond acceptors (Lipinski definition) is 3. The summed E-state index contributed by atoms with van der Waals surface area (Å²) in [5.74, 6) is 0. The van der Waals surface area contributed by atoms with Crippen LogP contribution in [0.15, 0.2) is 24.3 Å². The Labute approximate surface area is 108 Å². The molecule has 0 aliphatic carbocycles. The number of carbonyl (C=O) groups is 1. The molecule has 0 aliphatic rings. The van der Waals surface area contributed by atoms with Gasteiger partial charge in [0.2, 0.25) is 0 Å². The van der Waals surface area contributed by atoms with Crippen LogP contribution in [0.1, 0.15) is 5.56 Å². The van der Waals surface area contributed by atoms with Crippen molar-refractivity contribution in [1.82, 2.24) is 0 Å². The predicted molar refractivity (Wildman–Crippen MR) is 63.0 cm³/mol. The Morgan fingerprint density at radius 2 is 2.00 bits per heavy atom. The molecule has 0 heterocycles. The molecule has 4 nitrogen and oxygen atoms in total. The summed E-state index contributed by atoms with van der Waals surface area (Å²) in [5.41, 5.74) is 1.17. The standard InChI is InChI=1S/C12H14F3NO3/c1-18-7-6-9-4-2-3-5-10(9)16-11(17)19-8-12(13,14)15/h2-5H,6-8H2,1H3,(H,16,17). The van der Waals surface area contributed by atoms with Crippen molar-refractivity contribution in [2.24, 2.45) is 0 Å². The van der Waals surface area contributed by atoms with E-state index in [2.05, 4.69) is 10.1 Å². The first-order valence-corrected chi connectivity index (χ1v) is 5.50. The van der Waals surface area contributed by atoms with E-state index in [0.29, 0.717) is 18.7 Å². The van der Waals surface area contributed by atoms with E-state index in [0.717, 1.165) is 5.56 Å². The number of amides is 1. The number of rotatable bonds is 5. The van der Waals surface area contributed by atoms with Gasteiger partial charge in [-0.05, 0) is 18.1 Å². The molecule has 0 bridgehead atoms. The van der Waals surface area contributed by atoms with Crippen LogP contribution in [0.2, 0.25) is 0 Å². The van der Waals surface area contributed by atoms with Crippen molar-refractivity contribution in [2.45, 2.75) is 12.6 Å². The molecular formula is C12H14F3NO3. The van der Waals surface area contributed by atoms with E-state index >= 15 is 0 Å². The minimum Gasteiger partial charge on any atom is -0.440 e. The summed E-state index contributed by atoms with van der Waals surface area (Å²) in [6.45, 7) is -1.17. The zero-order valence-corrected chi connectivity index (χ0v) is 10.3. The Balaban J connectivity index is 2.58. The van der Waals surface area contributed by atoms with Crippen molar-refractivity contribution < 1.29 is 27.4 Å². The molecule has 7 heteroatoms. The molecule has 0 fully saturated rings. The van der Waals surface area contributed by atoms with E-state index in [1.54, 1.807) is 24.3 Å². The van der Waals surface area contributed by atoms with E-state index < -0.39 is 18.9 Å². The van der Waals surface area contributed by atoms with E-state index in [-0.39, 0.29) is 0 Å². The third-order valence-corrected chi connectivity index (χ3v) is 2.20. The van der Waals surface area contributed by atoms with Crippen molar-refractivity contribution in [3.63, 3.8) is 0 Å². The largest absolute Gasteiger partial charge is 0.440 e. The van der Waals surface area contributed by atoms with Crippen LogP contribution in [-0.4, -0.2) is 32.6 Å². The van der Waals surface area contributed by atoms with Crippen LogP contribution in [0, 0.1) is 0 Å². The molecule has 0 aromatic heterocycles.